The molecule has 1 nitrogen and oxygen atoms in total. The first-order chi connectivity index (χ1) is 11.3. The topological polar surface area (TPSA) is 12.9 Å². The van der Waals surface area contributed by atoms with Gasteiger partial charge in [0.05, 0.1) is 11.2 Å². The van der Waals surface area contributed by atoms with Gasteiger partial charge in [-0.05, 0) is 67.7 Å². The number of hydrogen-bond donors (Lipinski definition) is 0. The zero-order valence-corrected chi connectivity index (χ0v) is 13.5. The Morgan fingerprint density at radius 1 is 0.826 bits per heavy atom. The summed E-state index contributed by atoms with van der Waals surface area (Å²) in [5, 5.41) is 1.41. The zero-order chi connectivity index (χ0) is 15.4. The van der Waals surface area contributed by atoms with Crippen LogP contribution in [-0.2, 0) is 0 Å². The van der Waals surface area contributed by atoms with Crippen molar-refractivity contribution in [3.63, 3.8) is 0 Å². The molecule has 0 unspecified atom stereocenters. The van der Waals surface area contributed by atoms with Crippen LogP contribution in [0.5, 0.6) is 0 Å². The first kappa shape index (κ1) is 13.3. The molecule has 23 heavy (non-hydrogen) atoms. The fourth-order valence-electron chi connectivity index (χ4n) is 4.76. The van der Waals surface area contributed by atoms with E-state index in [0.29, 0.717) is 5.92 Å². The second kappa shape index (κ2) is 4.92. The van der Waals surface area contributed by atoms with Crippen molar-refractivity contribution in [1.82, 2.24) is 4.98 Å². The van der Waals surface area contributed by atoms with Crippen molar-refractivity contribution in [3.05, 3.63) is 65.2 Å². The van der Waals surface area contributed by atoms with Gasteiger partial charge in [0.15, 0.2) is 0 Å². The van der Waals surface area contributed by atoms with E-state index in [4.69, 9.17) is 4.98 Å². The zero-order valence-electron chi connectivity index (χ0n) is 13.5. The highest BCUT2D eigenvalue weighted by atomic mass is 14.7. The van der Waals surface area contributed by atoms with Gasteiger partial charge in [-0.2, -0.15) is 0 Å². The molecule has 2 bridgehead atoms. The van der Waals surface area contributed by atoms with Crippen molar-refractivity contribution in [2.45, 2.75) is 44.4 Å². The van der Waals surface area contributed by atoms with E-state index in [9.17, 15) is 0 Å². The van der Waals surface area contributed by atoms with Crippen LogP contribution in [0, 0.1) is 6.92 Å². The van der Waals surface area contributed by atoms with Crippen LogP contribution in [0.4, 0.5) is 0 Å². The molecule has 2 aromatic carbocycles. The second-order valence-corrected chi connectivity index (χ2v) is 7.22. The fraction of sp³-hybridized carbons (Fsp3) is 0.318. The number of fused-ring (bicyclic) bond motifs is 3. The summed E-state index contributed by atoms with van der Waals surface area (Å²) in [6.07, 6.45) is 5.41. The molecule has 0 spiro atoms. The van der Waals surface area contributed by atoms with Gasteiger partial charge in [-0.3, -0.25) is 0 Å². The first-order valence-corrected chi connectivity index (χ1v) is 8.81. The Hall–Kier alpha value is -2.15. The molecule has 6 rings (SSSR count). The lowest BCUT2D eigenvalue weighted by molar-refractivity contribution is 0.361. The highest BCUT2D eigenvalue weighted by molar-refractivity contribution is 5.89. The maximum atomic E-state index is 5.12. The molecule has 1 heterocycles. The molecule has 1 heteroatoms. The van der Waals surface area contributed by atoms with Gasteiger partial charge in [0.25, 0.3) is 0 Å². The van der Waals surface area contributed by atoms with Gasteiger partial charge in [0.1, 0.15) is 0 Å². The predicted octanol–water partition coefficient (Wildman–Crippen LogP) is 5.97. The molecule has 3 aliphatic carbocycles. The molecule has 1 saturated carbocycles. The Balaban J connectivity index is 1.90. The number of rotatable bonds is 1. The Morgan fingerprint density at radius 2 is 1.52 bits per heavy atom. The summed E-state index contributed by atoms with van der Waals surface area (Å²) in [6, 6.07) is 17.5. The van der Waals surface area contributed by atoms with Crippen molar-refractivity contribution in [1.29, 1.82) is 0 Å². The number of benzene rings is 2. The minimum atomic E-state index is 0.711. The van der Waals surface area contributed by atoms with Crippen molar-refractivity contribution in [2.75, 3.05) is 0 Å². The third-order valence-electron chi connectivity index (χ3n) is 5.81. The van der Waals surface area contributed by atoms with Crippen LogP contribution in [0.1, 0.15) is 54.2 Å². The molecule has 1 fully saturated rings. The molecular formula is C22H21N. The standard InChI is InChI=1S/C22H21N/c1-14-7-12-19-18(13-14)20-15-8-10-16(11-9-15)21(20)22(23-19)17-5-3-2-4-6-17/h2-7,12-13,15-16H,8-11H2,1H3. The molecule has 0 saturated heterocycles. The average Bonchev–Trinajstić information content (AvgIpc) is 2.62. The molecule has 114 valence electrons. The quantitative estimate of drug-likeness (QED) is 0.540. The van der Waals surface area contributed by atoms with Gasteiger partial charge in [0.2, 0.25) is 0 Å². The van der Waals surface area contributed by atoms with Crippen LogP contribution in [0.3, 0.4) is 0 Å². The maximum absolute atomic E-state index is 5.12. The fourth-order valence-corrected chi connectivity index (χ4v) is 4.76. The van der Waals surface area contributed by atoms with E-state index < -0.39 is 0 Å². The van der Waals surface area contributed by atoms with E-state index >= 15 is 0 Å². The van der Waals surface area contributed by atoms with Crippen LogP contribution in [-0.4, -0.2) is 4.98 Å². The van der Waals surface area contributed by atoms with Gasteiger partial charge < -0.3 is 0 Å². The van der Waals surface area contributed by atoms with Gasteiger partial charge >= 0.3 is 0 Å². The van der Waals surface area contributed by atoms with E-state index in [-0.39, 0.29) is 0 Å². The summed E-state index contributed by atoms with van der Waals surface area (Å²) in [5.74, 6) is 1.45. The largest absolute Gasteiger partial charge is 0.247 e. The number of aromatic nitrogens is 1. The summed E-state index contributed by atoms with van der Waals surface area (Å²) >= 11 is 0. The normalized spacial score (nSPS) is 22.3. The van der Waals surface area contributed by atoms with Gasteiger partial charge in [-0.15, -0.1) is 0 Å². The Morgan fingerprint density at radius 3 is 2.26 bits per heavy atom. The molecule has 0 N–H and O–H groups in total. The maximum Gasteiger partial charge on any atom is 0.0747 e. The second-order valence-electron chi connectivity index (χ2n) is 7.22. The van der Waals surface area contributed by atoms with Gasteiger partial charge in [-0.1, -0.05) is 42.0 Å². The van der Waals surface area contributed by atoms with Crippen molar-refractivity contribution >= 4 is 10.9 Å². The summed E-state index contributed by atoms with van der Waals surface area (Å²) in [4.78, 5) is 5.12. The summed E-state index contributed by atoms with van der Waals surface area (Å²) < 4.78 is 0. The van der Waals surface area contributed by atoms with Crippen LogP contribution in [0.2, 0.25) is 0 Å². The third-order valence-corrected chi connectivity index (χ3v) is 5.81. The smallest absolute Gasteiger partial charge is 0.0747 e. The van der Waals surface area contributed by atoms with E-state index in [2.05, 4.69) is 55.5 Å². The molecular weight excluding hydrogens is 278 g/mol. The van der Waals surface area contributed by atoms with Crippen LogP contribution >= 0.6 is 0 Å². The minimum Gasteiger partial charge on any atom is -0.247 e. The predicted molar refractivity (Wildman–Crippen MR) is 95.9 cm³/mol. The third kappa shape index (κ3) is 1.96. The molecule has 0 atom stereocenters. The number of aryl methyl sites for hydroxylation is 1. The van der Waals surface area contributed by atoms with Gasteiger partial charge in [-0.25, -0.2) is 4.98 Å². The van der Waals surface area contributed by atoms with Crippen molar-refractivity contribution in [2.24, 2.45) is 0 Å². The van der Waals surface area contributed by atoms with Crippen LogP contribution in [0.25, 0.3) is 22.2 Å². The summed E-state index contributed by atoms with van der Waals surface area (Å²) in [5.41, 5.74) is 8.22. The van der Waals surface area contributed by atoms with Crippen LogP contribution in [0.15, 0.2) is 48.5 Å². The lowest BCUT2D eigenvalue weighted by atomic mass is 9.65. The number of hydrogen-bond acceptors (Lipinski definition) is 1. The molecule has 3 aliphatic rings. The molecule has 0 radical (unpaired) electrons. The van der Waals surface area contributed by atoms with E-state index in [1.54, 1.807) is 11.1 Å². The molecule has 0 amide bonds. The Labute approximate surface area is 137 Å². The lowest BCUT2D eigenvalue weighted by Gasteiger charge is -2.40. The monoisotopic (exact) mass is 299 g/mol. The van der Waals surface area contributed by atoms with E-state index in [1.165, 1.54) is 53.4 Å². The SMILES string of the molecule is Cc1ccc2nc(-c3ccccc3)c3c(c2c1)C1CCC3CC1. The Bertz CT molecular complexity index is 887. The number of nitrogens with zero attached hydrogens (tertiary/aromatic N) is 1. The first-order valence-electron chi connectivity index (χ1n) is 8.81. The number of pyridine rings is 1. The molecule has 1 aromatic heterocycles. The highest BCUT2D eigenvalue weighted by Gasteiger charge is 2.36. The van der Waals surface area contributed by atoms with Gasteiger partial charge in [0, 0.05) is 10.9 Å². The molecule has 3 aromatic rings. The van der Waals surface area contributed by atoms with E-state index in [0.717, 1.165) is 5.92 Å². The van der Waals surface area contributed by atoms with Crippen molar-refractivity contribution in [3.8, 4) is 11.3 Å². The molecule has 0 aliphatic heterocycles. The lowest BCUT2D eigenvalue weighted by Crippen LogP contribution is -2.23. The van der Waals surface area contributed by atoms with E-state index in [1.807, 2.05) is 0 Å². The minimum absolute atomic E-state index is 0.711. The highest BCUT2D eigenvalue weighted by Crippen LogP contribution is 2.53. The van der Waals surface area contributed by atoms with Crippen molar-refractivity contribution < 1.29 is 0 Å². The average molecular weight is 299 g/mol. The van der Waals surface area contributed by atoms with Crippen LogP contribution < -0.4 is 0 Å². The Kier molecular flexibility index (Phi) is 2.85. The summed E-state index contributed by atoms with van der Waals surface area (Å²) in [7, 11) is 0. The summed E-state index contributed by atoms with van der Waals surface area (Å²) in [6.45, 7) is 2.19.